The number of hydrogen-bond donors (Lipinski definition) is 2. The van der Waals surface area contributed by atoms with Crippen molar-refractivity contribution in [2.24, 2.45) is 0 Å². The van der Waals surface area contributed by atoms with Crippen LogP contribution in [0.5, 0.6) is 11.5 Å². The van der Waals surface area contributed by atoms with Crippen LogP contribution in [0.25, 0.3) is 0 Å². The number of rotatable bonds is 15. The molecule has 252 valence electrons. The molecule has 0 bridgehead atoms. The second-order valence-electron chi connectivity index (χ2n) is 11.0. The first kappa shape index (κ1) is 34.6. The minimum Gasteiger partial charge on any atom is -0.497 e. The molecule has 5 rings (SSSR count). The molecule has 2 amide bonds. The van der Waals surface area contributed by atoms with Crippen LogP contribution in [0, 0.1) is 5.82 Å². The van der Waals surface area contributed by atoms with E-state index in [0.717, 1.165) is 28.8 Å². The van der Waals surface area contributed by atoms with Gasteiger partial charge < -0.3 is 19.7 Å². The molecule has 0 saturated carbocycles. The fourth-order valence-electron chi connectivity index (χ4n) is 4.97. The van der Waals surface area contributed by atoms with Crippen LogP contribution < -0.4 is 19.5 Å². The first-order valence-corrected chi connectivity index (χ1v) is 16.8. The number of aromatic nitrogens is 1. The van der Waals surface area contributed by atoms with Crippen molar-refractivity contribution in [2.75, 3.05) is 18.4 Å². The van der Waals surface area contributed by atoms with E-state index in [0.29, 0.717) is 5.75 Å². The summed E-state index contributed by atoms with van der Waals surface area (Å²) in [5.41, 5.74) is 2.65. The average Bonchev–Trinajstić information content (AvgIpc) is 3.13. The lowest BCUT2D eigenvalue weighted by Crippen LogP contribution is -2.51. The Balaban J connectivity index is 1.35. The number of pyridine rings is 1. The highest BCUT2D eigenvalue weighted by molar-refractivity contribution is 7.92. The summed E-state index contributed by atoms with van der Waals surface area (Å²) in [5, 5.41) is 2.96. The summed E-state index contributed by atoms with van der Waals surface area (Å²) in [7, 11) is -2.40. The van der Waals surface area contributed by atoms with E-state index in [4.69, 9.17) is 9.47 Å². The van der Waals surface area contributed by atoms with Gasteiger partial charge in [0.05, 0.1) is 12.0 Å². The predicted molar refractivity (Wildman–Crippen MR) is 183 cm³/mol. The van der Waals surface area contributed by atoms with Gasteiger partial charge in [-0.25, -0.2) is 12.8 Å². The number of nitrogens with one attached hydrogen (secondary N) is 2. The Kier molecular flexibility index (Phi) is 11.6. The largest absolute Gasteiger partial charge is 0.497 e. The topological polar surface area (TPSA) is 127 Å². The Morgan fingerprint density at radius 3 is 2.14 bits per heavy atom. The number of carbonyl (C=O) groups is 2. The predicted octanol–water partition coefficient (Wildman–Crippen LogP) is 5.37. The number of hydrogen-bond acceptors (Lipinski definition) is 7. The summed E-state index contributed by atoms with van der Waals surface area (Å²) < 4.78 is 52.4. The van der Waals surface area contributed by atoms with Gasteiger partial charge in [0.1, 0.15) is 23.4 Å². The van der Waals surface area contributed by atoms with Gasteiger partial charge in [0.2, 0.25) is 5.91 Å². The third-order valence-corrected chi connectivity index (χ3v) is 8.96. The molecular formula is C37H35FN4O6S. The van der Waals surface area contributed by atoms with E-state index >= 15 is 0 Å². The normalized spacial score (nSPS) is 11.6. The van der Waals surface area contributed by atoms with Gasteiger partial charge in [-0.15, -0.1) is 0 Å². The fourth-order valence-corrected chi connectivity index (χ4v) is 6.02. The van der Waals surface area contributed by atoms with Crippen LogP contribution in [0.2, 0.25) is 0 Å². The summed E-state index contributed by atoms with van der Waals surface area (Å²) in [6.07, 6.45) is 3.56. The van der Waals surface area contributed by atoms with Gasteiger partial charge in [0, 0.05) is 37.6 Å². The van der Waals surface area contributed by atoms with Crippen molar-refractivity contribution in [1.82, 2.24) is 15.2 Å². The quantitative estimate of drug-likeness (QED) is 0.152. The average molecular weight is 683 g/mol. The number of carbonyl (C=O) groups excluding carboxylic acids is 2. The lowest BCUT2D eigenvalue weighted by Gasteiger charge is -2.31. The van der Waals surface area contributed by atoms with Gasteiger partial charge in [-0.2, -0.15) is 0 Å². The molecule has 1 aromatic heterocycles. The Bertz CT molecular complexity index is 1930. The van der Waals surface area contributed by atoms with Crippen LogP contribution in [0.15, 0.2) is 133 Å². The van der Waals surface area contributed by atoms with Gasteiger partial charge in [0.25, 0.3) is 15.9 Å². The highest BCUT2D eigenvalue weighted by Gasteiger charge is 2.31. The maximum atomic E-state index is 14.0. The SMILES string of the molecule is COc1ccc(CN(C(=O)COc2ccc(S(=O)(=O)Nc3ccc(F)cc3)cc2)C(Cc2ccccc2)C(=O)NCc2cccnc2)cc1. The van der Waals surface area contributed by atoms with E-state index in [2.05, 4.69) is 15.0 Å². The molecule has 2 N–H and O–H groups in total. The van der Waals surface area contributed by atoms with E-state index in [1.807, 2.05) is 48.5 Å². The van der Waals surface area contributed by atoms with Crippen molar-refractivity contribution in [2.45, 2.75) is 30.4 Å². The third-order valence-electron chi connectivity index (χ3n) is 7.57. The van der Waals surface area contributed by atoms with E-state index in [1.165, 1.54) is 41.3 Å². The maximum Gasteiger partial charge on any atom is 0.261 e. The van der Waals surface area contributed by atoms with E-state index < -0.39 is 34.4 Å². The molecular weight excluding hydrogens is 647 g/mol. The van der Waals surface area contributed by atoms with Gasteiger partial charge in [-0.3, -0.25) is 19.3 Å². The smallest absolute Gasteiger partial charge is 0.261 e. The van der Waals surface area contributed by atoms with Crippen molar-refractivity contribution >= 4 is 27.5 Å². The number of nitrogens with zero attached hydrogens (tertiary/aromatic N) is 2. The molecule has 1 heterocycles. The standard InChI is InChI=1S/C37H35FN4O6S/c1-47-32-15-9-28(10-16-32)25-42(35(22-27-6-3-2-4-7-27)37(44)40-24-29-8-5-21-39-23-29)36(43)26-48-33-17-19-34(20-18-33)49(45,46)41-31-13-11-30(38)12-14-31/h2-21,23,35,41H,22,24-26H2,1H3,(H,40,44). The van der Waals surface area contributed by atoms with Gasteiger partial charge in [-0.05, 0) is 83.4 Å². The minimum absolute atomic E-state index is 0.0511. The third kappa shape index (κ3) is 9.88. The summed E-state index contributed by atoms with van der Waals surface area (Å²) in [5.74, 6) is -0.392. The van der Waals surface area contributed by atoms with Crippen molar-refractivity contribution in [3.05, 3.63) is 150 Å². The van der Waals surface area contributed by atoms with Gasteiger partial charge in [0.15, 0.2) is 6.61 Å². The highest BCUT2D eigenvalue weighted by Crippen LogP contribution is 2.21. The number of halogens is 1. The van der Waals surface area contributed by atoms with Crippen LogP contribution >= 0.6 is 0 Å². The second-order valence-corrected chi connectivity index (χ2v) is 12.7. The monoisotopic (exact) mass is 682 g/mol. The minimum atomic E-state index is -3.96. The van der Waals surface area contributed by atoms with Crippen LogP contribution in [0.1, 0.15) is 16.7 Å². The Labute approximate surface area is 284 Å². The van der Waals surface area contributed by atoms with Crippen molar-refractivity contribution in [1.29, 1.82) is 0 Å². The molecule has 49 heavy (non-hydrogen) atoms. The lowest BCUT2D eigenvalue weighted by molar-refractivity contribution is -0.142. The molecule has 0 aliphatic rings. The molecule has 10 nitrogen and oxygen atoms in total. The molecule has 1 unspecified atom stereocenters. The number of sulfonamides is 1. The summed E-state index contributed by atoms with van der Waals surface area (Å²) in [4.78, 5) is 33.3. The molecule has 12 heteroatoms. The van der Waals surface area contributed by atoms with E-state index in [-0.39, 0.29) is 41.7 Å². The van der Waals surface area contributed by atoms with Crippen molar-refractivity contribution in [3.63, 3.8) is 0 Å². The van der Waals surface area contributed by atoms with Gasteiger partial charge >= 0.3 is 0 Å². The zero-order chi connectivity index (χ0) is 34.6. The molecule has 0 aliphatic carbocycles. The Morgan fingerprint density at radius 2 is 1.49 bits per heavy atom. The summed E-state index contributed by atoms with van der Waals surface area (Å²) in [6.45, 7) is -0.0855. The number of benzene rings is 4. The van der Waals surface area contributed by atoms with Crippen LogP contribution in [0.3, 0.4) is 0 Å². The molecule has 0 radical (unpaired) electrons. The maximum absolute atomic E-state index is 14.0. The zero-order valence-electron chi connectivity index (χ0n) is 26.7. The van der Waals surface area contributed by atoms with E-state index in [9.17, 15) is 22.4 Å². The summed E-state index contributed by atoms with van der Waals surface area (Å²) >= 11 is 0. The van der Waals surface area contributed by atoms with Crippen LogP contribution in [-0.2, 0) is 39.1 Å². The molecule has 1 atom stereocenters. The molecule has 4 aromatic carbocycles. The molecule has 0 fully saturated rings. The number of methoxy groups -OCH3 is 1. The lowest BCUT2D eigenvalue weighted by atomic mass is 10.0. The molecule has 0 aliphatic heterocycles. The van der Waals surface area contributed by atoms with Gasteiger partial charge in [-0.1, -0.05) is 48.5 Å². The molecule has 0 spiro atoms. The Morgan fingerprint density at radius 1 is 0.816 bits per heavy atom. The first-order valence-electron chi connectivity index (χ1n) is 15.3. The first-order chi connectivity index (χ1) is 23.7. The van der Waals surface area contributed by atoms with Crippen LogP contribution in [-0.4, -0.2) is 49.9 Å². The van der Waals surface area contributed by atoms with E-state index in [1.54, 1.807) is 37.7 Å². The summed E-state index contributed by atoms with van der Waals surface area (Å²) in [6, 6.07) is 29.8. The molecule has 0 saturated heterocycles. The fraction of sp³-hybridized carbons (Fsp3) is 0.162. The Hall–Kier alpha value is -5.75. The number of amides is 2. The number of anilines is 1. The highest BCUT2D eigenvalue weighted by atomic mass is 32.2. The second kappa shape index (κ2) is 16.4. The van der Waals surface area contributed by atoms with Crippen molar-refractivity contribution in [3.8, 4) is 11.5 Å². The van der Waals surface area contributed by atoms with Crippen LogP contribution in [0.4, 0.5) is 10.1 Å². The number of ether oxygens (including phenoxy) is 2. The zero-order valence-corrected chi connectivity index (χ0v) is 27.5. The van der Waals surface area contributed by atoms with Crippen molar-refractivity contribution < 1.29 is 31.9 Å². The molecule has 5 aromatic rings.